The first-order valence-electron chi connectivity index (χ1n) is 7.90. The molecule has 0 unspecified atom stereocenters. The Labute approximate surface area is 178 Å². The van der Waals surface area contributed by atoms with Gasteiger partial charge in [-0.05, 0) is 60.4 Å². The Kier molecular flexibility index (Phi) is 11.4. The molecule has 144 valence electrons. The van der Waals surface area contributed by atoms with Gasteiger partial charge in [0, 0.05) is 33.0 Å². The van der Waals surface area contributed by atoms with Crippen molar-refractivity contribution in [2.75, 3.05) is 6.54 Å². The molecule has 8 heteroatoms. The van der Waals surface area contributed by atoms with Crippen molar-refractivity contribution in [3.05, 3.63) is 69.2 Å². The number of aryl methyl sites for hydroxylation is 1. The third-order valence-corrected chi connectivity index (χ3v) is 4.57. The molecule has 0 bridgehead atoms. The molecule has 2 rings (SSSR count). The number of hydrogen-bond acceptors (Lipinski definition) is 4. The summed E-state index contributed by atoms with van der Waals surface area (Å²) in [5, 5.41) is 2.49. The van der Waals surface area contributed by atoms with Gasteiger partial charge in [-0.25, -0.2) is 8.78 Å². The van der Waals surface area contributed by atoms with E-state index >= 15 is 0 Å². The normalized spacial score (nSPS) is 10.4. The van der Waals surface area contributed by atoms with Gasteiger partial charge in [0.2, 0.25) is 0 Å². The zero-order chi connectivity index (χ0) is 20.2. The van der Waals surface area contributed by atoms with Gasteiger partial charge in [0.05, 0.1) is 6.54 Å². The minimum absolute atomic E-state index is 0.275. The fourth-order valence-corrected chi connectivity index (χ4v) is 2.55. The highest BCUT2D eigenvalue weighted by atomic mass is 35.5. The molecule has 27 heavy (non-hydrogen) atoms. The average Bonchev–Trinajstić information content (AvgIpc) is 2.65. The van der Waals surface area contributed by atoms with Gasteiger partial charge in [-0.3, -0.25) is 4.99 Å². The monoisotopic (exact) mass is 446 g/mol. The van der Waals surface area contributed by atoms with E-state index < -0.39 is 0 Å². The van der Waals surface area contributed by atoms with E-state index in [1.165, 1.54) is 41.9 Å². The molecule has 0 saturated carbocycles. The lowest BCUT2D eigenvalue weighted by Crippen LogP contribution is -2.11. The Bertz CT molecular complexity index is 814. The summed E-state index contributed by atoms with van der Waals surface area (Å²) in [5.74, 6) is -0.583. The largest absolute Gasteiger partial charge is 0.326 e. The molecule has 0 heterocycles. The molecule has 2 N–H and O–H groups in total. The van der Waals surface area contributed by atoms with Crippen LogP contribution in [0.25, 0.3) is 0 Å². The van der Waals surface area contributed by atoms with Crippen molar-refractivity contribution in [3.8, 4) is 0 Å². The number of rotatable bonds is 7. The van der Waals surface area contributed by atoms with Crippen molar-refractivity contribution in [1.82, 2.24) is 0 Å². The predicted molar refractivity (Wildman–Crippen MR) is 119 cm³/mol. The highest BCUT2D eigenvalue weighted by molar-refractivity contribution is 7.80. The van der Waals surface area contributed by atoms with Crippen LogP contribution in [0.2, 0.25) is 10.0 Å². The summed E-state index contributed by atoms with van der Waals surface area (Å²) in [4.78, 5) is 4.71. The summed E-state index contributed by atoms with van der Waals surface area (Å²) in [6, 6.07) is 8.52. The second kappa shape index (κ2) is 13.0. The highest BCUT2D eigenvalue weighted by Crippen LogP contribution is 2.19. The van der Waals surface area contributed by atoms with E-state index in [2.05, 4.69) is 17.2 Å². The maximum absolute atomic E-state index is 12.8. The van der Waals surface area contributed by atoms with Crippen LogP contribution in [0, 0.1) is 11.6 Å². The van der Waals surface area contributed by atoms with Gasteiger partial charge in [-0.15, -0.1) is 0 Å². The van der Waals surface area contributed by atoms with Crippen molar-refractivity contribution in [2.24, 2.45) is 10.7 Å². The number of halogens is 4. The predicted octanol–water partition coefficient (Wildman–Crippen LogP) is 5.79. The number of hydrogen-bond donors (Lipinski definition) is 1. The van der Waals surface area contributed by atoms with Crippen LogP contribution < -0.4 is 5.73 Å². The van der Waals surface area contributed by atoms with Crippen LogP contribution in [-0.4, -0.2) is 23.0 Å². The van der Waals surface area contributed by atoms with Crippen LogP contribution in [0.1, 0.15) is 17.5 Å². The summed E-state index contributed by atoms with van der Waals surface area (Å²) in [5.41, 5.74) is 6.80. The first kappa shape index (κ1) is 23.7. The molecule has 2 nitrogen and oxygen atoms in total. The van der Waals surface area contributed by atoms with E-state index in [9.17, 15) is 8.78 Å². The van der Waals surface area contributed by atoms with Crippen LogP contribution in [0.5, 0.6) is 0 Å². The summed E-state index contributed by atoms with van der Waals surface area (Å²) in [7, 11) is 0. The zero-order valence-corrected chi connectivity index (χ0v) is 17.4. The molecular formula is C19H18Cl2F2N2S2. The molecule has 0 aliphatic rings. The van der Waals surface area contributed by atoms with Crippen molar-refractivity contribution < 1.29 is 8.78 Å². The van der Waals surface area contributed by atoms with Crippen molar-refractivity contribution >= 4 is 64.1 Å². The standard InChI is InChI=1S/C10H11ClFNS.C9H7ClFNS/c11-10-4-2-8(12)5-7(10)1-3-9(14)6-13;10-9-2-1-8(11)5-7(9)6-12-3-4-13/h2,4-5H,1,3,6,13H2;1-5H,6H2. The third-order valence-electron chi connectivity index (χ3n) is 3.34. The smallest absolute Gasteiger partial charge is 0.123 e. The van der Waals surface area contributed by atoms with Gasteiger partial charge in [0.1, 0.15) is 11.6 Å². The molecule has 0 atom stereocenters. The van der Waals surface area contributed by atoms with E-state index in [0.717, 1.165) is 10.4 Å². The molecule has 0 aliphatic heterocycles. The lowest BCUT2D eigenvalue weighted by molar-refractivity contribution is 0.625. The van der Waals surface area contributed by atoms with Gasteiger partial charge < -0.3 is 5.73 Å². The number of thiocarbonyl (C=S) groups is 2. The third kappa shape index (κ3) is 9.44. The Morgan fingerprint density at radius 1 is 1.04 bits per heavy atom. The summed E-state index contributed by atoms with van der Waals surface area (Å²) >= 11 is 21.2. The minimum Gasteiger partial charge on any atom is -0.326 e. The van der Waals surface area contributed by atoms with Gasteiger partial charge >= 0.3 is 0 Å². The van der Waals surface area contributed by atoms with E-state index in [4.69, 9.17) is 41.2 Å². The maximum atomic E-state index is 12.8. The molecule has 0 fully saturated rings. The molecule has 0 spiro atoms. The number of aliphatic imine (C=N–C) groups is 1. The Morgan fingerprint density at radius 2 is 1.59 bits per heavy atom. The molecule has 0 aliphatic carbocycles. The quantitative estimate of drug-likeness (QED) is 0.431. The first-order valence-corrected chi connectivity index (χ1v) is 9.54. The molecule has 0 saturated heterocycles. The number of benzene rings is 2. The Balaban J connectivity index is 0.000000271. The van der Waals surface area contributed by atoms with Crippen LogP contribution in [0.4, 0.5) is 8.78 Å². The van der Waals surface area contributed by atoms with Gasteiger partial charge in [0.25, 0.3) is 0 Å². The van der Waals surface area contributed by atoms with Crippen molar-refractivity contribution in [3.63, 3.8) is 0 Å². The lowest BCUT2D eigenvalue weighted by Gasteiger charge is -2.04. The number of nitrogens with zero attached hydrogens (tertiary/aromatic N) is 1. The molecule has 0 aromatic heterocycles. The van der Waals surface area contributed by atoms with Gasteiger partial charge in [0.15, 0.2) is 0 Å². The fourth-order valence-electron chi connectivity index (χ4n) is 1.97. The van der Waals surface area contributed by atoms with E-state index in [1.807, 2.05) is 0 Å². The maximum Gasteiger partial charge on any atom is 0.123 e. The summed E-state index contributed by atoms with van der Waals surface area (Å²) in [6.07, 6.45) is 2.80. The minimum atomic E-state index is -0.308. The van der Waals surface area contributed by atoms with Crippen LogP contribution in [0.15, 0.2) is 41.4 Å². The van der Waals surface area contributed by atoms with E-state index in [0.29, 0.717) is 41.5 Å². The Hall–Kier alpha value is -1.31. The van der Waals surface area contributed by atoms with Gasteiger partial charge in [-0.2, -0.15) is 0 Å². The van der Waals surface area contributed by atoms with E-state index in [1.54, 1.807) is 6.07 Å². The first-order chi connectivity index (χ1) is 12.9. The molecule has 2 aromatic carbocycles. The van der Waals surface area contributed by atoms with Crippen molar-refractivity contribution in [1.29, 1.82) is 0 Å². The summed E-state index contributed by atoms with van der Waals surface area (Å²) in [6.45, 7) is 0.742. The lowest BCUT2D eigenvalue weighted by atomic mass is 10.1. The Morgan fingerprint density at radius 3 is 2.15 bits per heavy atom. The highest BCUT2D eigenvalue weighted by Gasteiger charge is 2.03. The second-order valence-electron chi connectivity index (χ2n) is 5.34. The van der Waals surface area contributed by atoms with Crippen LogP contribution in [-0.2, 0) is 13.0 Å². The molecule has 0 radical (unpaired) electrons. The van der Waals surface area contributed by atoms with Crippen molar-refractivity contribution in [2.45, 2.75) is 19.4 Å². The fraction of sp³-hybridized carbons (Fsp3) is 0.211. The molecule has 0 amide bonds. The average molecular weight is 447 g/mol. The summed E-state index contributed by atoms with van der Waals surface area (Å²) < 4.78 is 25.6. The molecule has 2 aromatic rings. The second-order valence-corrected chi connectivity index (χ2v) is 7.00. The zero-order valence-electron chi connectivity index (χ0n) is 14.3. The topological polar surface area (TPSA) is 38.4 Å². The van der Waals surface area contributed by atoms with Crippen LogP contribution in [0.3, 0.4) is 0 Å². The SMILES string of the molecule is Fc1ccc(Cl)c(CN=CC=S)c1.NCC(=S)CCc1cc(F)ccc1Cl. The van der Waals surface area contributed by atoms with Crippen LogP contribution >= 0.6 is 47.6 Å². The number of nitrogens with two attached hydrogens (primary N) is 1. The molecular weight excluding hydrogens is 429 g/mol. The van der Waals surface area contributed by atoms with E-state index in [-0.39, 0.29) is 11.6 Å². The van der Waals surface area contributed by atoms with Gasteiger partial charge in [-0.1, -0.05) is 47.6 Å².